The highest BCUT2D eigenvalue weighted by Crippen LogP contribution is 2.18. The molecule has 1 amide bonds. The molecule has 2 heterocycles. The van der Waals surface area contributed by atoms with E-state index in [-0.39, 0.29) is 12.5 Å². The van der Waals surface area contributed by atoms with Gasteiger partial charge >= 0.3 is 5.97 Å². The Kier molecular flexibility index (Phi) is 4.26. The van der Waals surface area contributed by atoms with E-state index in [4.69, 9.17) is 5.11 Å². The molecule has 104 valence electrons. The van der Waals surface area contributed by atoms with Gasteiger partial charge in [-0.3, -0.25) is 9.48 Å². The summed E-state index contributed by atoms with van der Waals surface area (Å²) in [7, 11) is 1.74. The Morgan fingerprint density at radius 1 is 1.55 bits per heavy atom. The molecule has 0 saturated carbocycles. The van der Waals surface area contributed by atoms with Gasteiger partial charge in [0.25, 0.3) is 5.91 Å². The van der Waals surface area contributed by atoms with Gasteiger partial charge in [-0.05, 0) is 23.1 Å². The number of carbonyl (C=O) groups is 2. The van der Waals surface area contributed by atoms with Crippen LogP contribution in [0.15, 0.2) is 23.8 Å². The van der Waals surface area contributed by atoms with Crippen LogP contribution < -0.4 is 5.32 Å². The molecule has 8 heteroatoms. The van der Waals surface area contributed by atoms with Gasteiger partial charge in [-0.1, -0.05) is 0 Å². The van der Waals surface area contributed by atoms with E-state index in [1.807, 2.05) is 0 Å². The molecular formula is C12H12N4O3S. The van der Waals surface area contributed by atoms with Crippen LogP contribution in [0.1, 0.15) is 21.1 Å². The Morgan fingerprint density at radius 2 is 2.35 bits per heavy atom. The van der Waals surface area contributed by atoms with E-state index >= 15 is 0 Å². The van der Waals surface area contributed by atoms with Crippen LogP contribution in [0.2, 0.25) is 0 Å². The zero-order chi connectivity index (χ0) is 14.5. The van der Waals surface area contributed by atoms with Gasteiger partial charge < -0.3 is 10.4 Å². The SMILES string of the molecule is Cn1cnc(CNC(=O)c2sccc2/C=C/C(=O)O)n1. The van der Waals surface area contributed by atoms with Gasteiger partial charge in [0, 0.05) is 13.1 Å². The zero-order valence-electron chi connectivity index (χ0n) is 10.6. The van der Waals surface area contributed by atoms with Gasteiger partial charge in [-0.15, -0.1) is 11.3 Å². The van der Waals surface area contributed by atoms with Crippen molar-refractivity contribution in [2.24, 2.45) is 7.05 Å². The number of thiophene rings is 1. The number of carbonyl (C=O) groups excluding carboxylic acids is 1. The molecule has 0 spiro atoms. The molecule has 0 radical (unpaired) electrons. The van der Waals surface area contributed by atoms with Crippen LogP contribution in [0, 0.1) is 0 Å². The minimum Gasteiger partial charge on any atom is -0.478 e. The molecule has 0 aromatic carbocycles. The molecule has 0 aliphatic rings. The monoisotopic (exact) mass is 292 g/mol. The summed E-state index contributed by atoms with van der Waals surface area (Å²) in [5, 5.41) is 17.1. The number of aryl methyl sites for hydroxylation is 1. The summed E-state index contributed by atoms with van der Waals surface area (Å²) in [5.41, 5.74) is 0.573. The molecule has 0 aliphatic carbocycles. The van der Waals surface area contributed by atoms with Gasteiger partial charge in [0.2, 0.25) is 0 Å². The molecule has 2 aromatic heterocycles. The number of carboxylic acids is 1. The largest absolute Gasteiger partial charge is 0.478 e. The lowest BCUT2D eigenvalue weighted by molar-refractivity contribution is -0.131. The predicted octanol–water partition coefficient (Wildman–Crippen LogP) is 0.904. The van der Waals surface area contributed by atoms with Gasteiger partial charge in [0.15, 0.2) is 5.82 Å². The molecule has 0 atom stereocenters. The van der Waals surface area contributed by atoms with Gasteiger partial charge in [0.05, 0.1) is 11.4 Å². The molecule has 0 aliphatic heterocycles. The standard InChI is InChI=1S/C12H12N4O3S/c1-16-7-14-9(15-16)6-13-12(19)11-8(4-5-20-11)2-3-10(17)18/h2-5,7H,6H2,1H3,(H,13,19)(H,17,18)/b3-2+. The van der Waals surface area contributed by atoms with E-state index in [0.717, 1.165) is 6.08 Å². The third kappa shape index (κ3) is 3.51. The van der Waals surface area contributed by atoms with Crippen molar-refractivity contribution >= 4 is 29.3 Å². The number of nitrogens with one attached hydrogen (secondary N) is 1. The molecule has 0 bridgehead atoms. The van der Waals surface area contributed by atoms with Crippen molar-refractivity contribution < 1.29 is 14.7 Å². The lowest BCUT2D eigenvalue weighted by atomic mass is 10.2. The van der Waals surface area contributed by atoms with Crippen molar-refractivity contribution in [3.8, 4) is 0 Å². The van der Waals surface area contributed by atoms with Crippen molar-refractivity contribution in [2.45, 2.75) is 6.54 Å². The molecule has 2 aromatic rings. The fraction of sp³-hybridized carbons (Fsp3) is 0.167. The van der Waals surface area contributed by atoms with Crippen LogP contribution in [0.4, 0.5) is 0 Å². The van der Waals surface area contributed by atoms with Crippen LogP contribution in [-0.4, -0.2) is 31.7 Å². The molecule has 20 heavy (non-hydrogen) atoms. The molecule has 7 nitrogen and oxygen atoms in total. The lowest BCUT2D eigenvalue weighted by Gasteiger charge is -2.01. The Labute approximate surface area is 118 Å². The molecule has 0 saturated heterocycles. The predicted molar refractivity (Wildman–Crippen MR) is 73.2 cm³/mol. The summed E-state index contributed by atoms with van der Waals surface area (Å²) >= 11 is 1.25. The summed E-state index contributed by atoms with van der Waals surface area (Å²) in [6, 6.07) is 1.69. The topological polar surface area (TPSA) is 97.1 Å². The number of aliphatic carboxylic acids is 1. The normalized spacial score (nSPS) is 10.8. The van der Waals surface area contributed by atoms with E-state index in [1.165, 1.54) is 17.4 Å². The van der Waals surface area contributed by atoms with Gasteiger partial charge in [0.1, 0.15) is 6.33 Å². The second kappa shape index (κ2) is 6.11. The summed E-state index contributed by atoms with van der Waals surface area (Å²) in [6.07, 6.45) is 3.94. The van der Waals surface area contributed by atoms with Crippen LogP contribution in [0.25, 0.3) is 6.08 Å². The first-order chi connectivity index (χ1) is 9.56. The van der Waals surface area contributed by atoms with Crippen LogP contribution in [-0.2, 0) is 18.4 Å². The van der Waals surface area contributed by atoms with E-state index in [0.29, 0.717) is 16.3 Å². The Bertz CT molecular complexity index is 659. The van der Waals surface area contributed by atoms with Crippen LogP contribution in [0.5, 0.6) is 0 Å². The summed E-state index contributed by atoms with van der Waals surface area (Å²) < 4.78 is 1.55. The minimum absolute atomic E-state index is 0.222. The second-order valence-corrected chi connectivity index (χ2v) is 4.81. The lowest BCUT2D eigenvalue weighted by Crippen LogP contribution is -2.23. The first kappa shape index (κ1) is 13.9. The van der Waals surface area contributed by atoms with Crippen molar-refractivity contribution in [3.63, 3.8) is 0 Å². The highest BCUT2D eigenvalue weighted by molar-refractivity contribution is 7.12. The fourth-order valence-corrected chi connectivity index (χ4v) is 2.30. The van der Waals surface area contributed by atoms with Gasteiger partial charge in [-0.25, -0.2) is 9.78 Å². The highest BCUT2D eigenvalue weighted by Gasteiger charge is 2.12. The van der Waals surface area contributed by atoms with E-state index in [1.54, 1.807) is 29.5 Å². The number of hydrogen-bond acceptors (Lipinski definition) is 5. The van der Waals surface area contributed by atoms with Gasteiger partial charge in [-0.2, -0.15) is 5.10 Å². The number of aromatic nitrogens is 3. The molecular weight excluding hydrogens is 280 g/mol. The fourth-order valence-electron chi connectivity index (χ4n) is 1.50. The number of carboxylic acid groups (broad SMARTS) is 1. The van der Waals surface area contributed by atoms with E-state index in [2.05, 4.69) is 15.4 Å². The second-order valence-electron chi connectivity index (χ2n) is 3.89. The van der Waals surface area contributed by atoms with E-state index < -0.39 is 5.97 Å². The van der Waals surface area contributed by atoms with Crippen molar-refractivity contribution in [2.75, 3.05) is 0 Å². The Morgan fingerprint density at radius 3 is 3.00 bits per heavy atom. The molecule has 0 fully saturated rings. The Balaban J connectivity index is 2.02. The highest BCUT2D eigenvalue weighted by atomic mass is 32.1. The molecule has 0 unspecified atom stereocenters. The quantitative estimate of drug-likeness (QED) is 0.798. The molecule has 2 N–H and O–H groups in total. The first-order valence-corrected chi connectivity index (χ1v) is 6.55. The van der Waals surface area contributed by atoms with Crippen molar-refractivity contribution in [1.82, 2.24) is 20.1 Å². The number of nitrogens with zero attached hydrogens (tertiary/aromatic N) is 3. The van der Waals surface area contributed by atoms with Crippen LogP contribution in [0.3, 0.4) is 0 Å². The maximum atomic E-state index is 12.0. The van der Waals surface area contributed by atoms with Crippen molar-refractivity contribution in [1.29, 1.82) is 0 Å². The third-order valence-corrected chi connectivity index (χ3v) is 3.29. The summed E-state index contributed by atoms with van der Waals surface area (Å²) in [6.45, 7) is 0.222. The van der Waals surface area contributed by atoms with E-state index in [9.17, 15) is 9.59 Å². The number of hydrogen-bond donors (Lipinski definition) is 2. The smallest absolute Gasteiger partial charge is 0.328 e. The maximum Gasteiger partial charge on any atom is 0.328 e. The third-order valence-electron chi connectivity index (χ3n) is 2.36. The minimum atomic E-state index is -1.06. The number of amides is 1. The zero-order valence-corrected chi connectivity index (χ0v) is 11.4. The summed E-state index contributed by atoms with van der Waals surface area (Å²) in [5.74, 6) is -0.822. The summed E-state index contributed by atoms with van der Waals surface area (Å²) in [4.78, 5) is 26.9. The Hall–Kier alpha value is -2.48. The maximum absolute atomic E-state index is 12.0. The van der Waals surface area contributed by atoms with Crippen molar-refractivity contribution in [3.05, 3.63) is 40.1 Å². The molecule has 2 rings (SSSR count). The first-order valence-electron chi connectivity index (χ1n) is 5.67. The van der Waals surface area contributed by atoms with Crippen LogP contribution >= 0.6 is 11.3 Å². The average Bonchev–Trinajstić information content (AvgIpc) is 3.02. The average molecular weight is 292 g/mol. The number of rotatable bonds is 5.